The Hall–Kier alpha value is -4.51. The zero-order valence-corrected chi connectivity index (χ0v) is 21.1. The summed E-state index contributed by atoms with van der Waals surface area (Å²) in [5, 5.41) is 2.94. The van der Waals surface area contributed by atoms with Crippen molar-refractivity contribution in [2.75, 3.05) is 10.2 Å². The molecule has 38 heavy (non-hydrogen) atoms. The van der Waals surface area contributed by atoms with E-state index < -0.39 is 11.8 Å². The molecule has 4 aliphatic rings. The van der Waals surface area contributed by atoms with E-state index in [9.17, 15) is 14.4 Å². The van der Waals surface area contributed by atoms with Crippen LogP contribution in [0.15, 0.2) is 91.0 Å². The normalized spacial score (nSPS) is 22.6. The highest BCUT2D eigenvalue weighted by molar-refractivity contribution is 6.23. The topological polar surface area (TPSA) is 66.5 Å². The number of hydrogen-bond acceptors (Lipinski definition) is 3. The highest BCUT2D eigenvalue weighted by atomic mass is 16.2. The molecule has 5 heteroatoms. The summed E-state index contributed by atoms with van der Waals surface area (Å²) in [5.74, 6) is -1.89. The van der Waals surface area contributed by atoms with Crippen LogP contribution in [-0.2, 0) is 9.59 Å². The summed E-state index contributed by atoms with van der Waals surface area (Å²) in [5.41, 5.74) is 8.34. The number of benzene rings is 4. The number of rotatable bonds is 3. The summed E-state index contributed by atoms with van der Waals surface area (Å²) >= 11 is 0. The van der Waals surface area contributed by atoms with E-state index in [0.29, 0.717) is 16.9 Å². The Labute approximate surface area is 221 Å². The van der Waals surface area contributed by atoms with E-state index in [0.717, 1.165) is 33.4 Å². The number of carbonyl (C=O) groups is 3. The molecule has 3 amide bonds. The quantitative estimate of drug-likeness (QED) is 0.355. The maximum Gasteiger partial charge on any atom is 0.255 e. The van der Waals surface area contributed by atoms with Crippen molar-refractivity contribution in [3.8, 4) is 0 Å². The van der Waals surface area contributed by atoms with Crippen LogP contribution < -0.4 is 10.2 Å². The van der Waals surface area contributed by atoms with Crippen molar-refractivity contribution in [3.63, 3.8) is 0 Å². The van der Waals surface area contributed by atoms with Crippen LogP contribution in [0.2, 0.25) is 0 Å². The van der Waals surface area contributed by atoms with Crippen LogP contribution in [0.3, 0.4) is 0 Å². The first-order valence-corrected chi connectivity index (χ1v) is 13.0. The largest absolute Gasteiger partial charge is 0.322 e. The third kappa shape index (κ3) is 3.14. The number of carbonyl (C=O) groups excluding carboxylic acids is 3. The Kier molecular flexibility index (Phi) is 4.92. The molecule has 4 aromatic rings. The first kappa shape index (κ1) is 22.7. The van der Waals surface area contributed by atoms with Gasteiger partial charge in [0.1, 0.15) is 0 Å². The number of nitrogens with zero attached hydrogens (tertiary/aromatic N) is 1. The average Bonchev–Trinajstić information content (AvgIpc) is 3.21. The van der Waals surface area contributed by atoms with Crippen molar-refractivity contribution in [3.05, 3.63) is 130 Å². The van der Waals surface area contributed by atoms with E-state index in [2.05, 4.69) is 29.6 Å². The van der Waals surface area contributed by atoms with Gasteiger partial charge in [0.2, 0.25) is 11.8 Å². The van der Waals surface area contributed by atoms with E-state index in [1.165, 1.54) is 4.90 Å². The minimum absolute atomic E-state index is 0.157. The smallest absolute Gasteiger partial charge is 0.255 e. The second-order valence-corrected chi connectivity index (χ2v) is 10.6. The number of aryl methyl sites for hydroxylation is 2. The van der Waals surface area contributed by atoms with E-state index in [-0.39, 0.29) is 29.6 Å². The molecule has 0 unspecified atom stereocenters. The van der Waals surface area contributed by atoms with Gasteiger partial charge in [0, 0.05) is 23.1 Å². The van der Waals surface area contributed by atoms with Crippen LogP contribution in [0.1, 0.15) is 55.6 Å². The third-order valence-corrected chi connectivity index (χ3v) is 8.58. The zero-order valence-electron chi connectivity index (χ0n) is 21.1. The molecule has 0 radical (unpaired) electrons. The molecule has 5 nitrogen and oxygen atoms in total. The number of anilines is 2. The van der Waals surface area contributed by atoms with E-state index in [1.54, 1.807) is 24.3 Å². The maximum absolute atomic E-state index is 14.0. The Balaban J connectivity index is 1.25. The molecule has 1 heterocycles. The van der Waals surface area contributed by atoms with Crippen LogP contribution in [0, 0.1) is 25.7 Å². The highest BCUT2D eigenvalue weighted by Crippen LogP contribution is 2.61. The second kappa shape index (κ2) is 8.25. The van der Waals surface area contributed by atoms with Gasteiger partial charge in [-0.25, -0.2) is 4.90 Å². The van der Waals surface area contributed by atoms with Crippen molar-refractivity contribution in [1.29, 1.82) is 0 Å². The molecule has 3 aliphatic carbocycles. The lowest BCUT2D eigenvalue weighted by Gasteiger charge is -2.45. The average molecular weight is 499 g/mol. The Morgan fingerprint density at radius 3 is 1.74 bits per heavy atom. The second-order valence-electron chi connectivity index (χ2n) is 10.6. The van der Waals surface area contributed by atoms with E-state index in [4.69, 9.17) is 0 Å². The van der Waals surface area contributed by atoms with Crippen LogP contribution in [0.5, 0.6) is 0 Å². The predicted octanol–water partition coefficient (Wildman–Crippen LogP) is 5.95. The standard InChI is InChI=1S/C33H26N2O3/c1-18-14-15-21(16-19(18)2)34-31(36)20-8-7-9-22(17-20)35-32(37)29-27-23-10-3-4-11-24(23)28(30(29)33(35)38)26-13-6-5-12-25(26)27/h3-17,27-30H,1-2H3,(H,34,36)/t27?,28?,29-,30-/m1/s1. The van der Waals surface area contributed by atoms with Gasteiger partial charge in [0.25, 0.3) is 5.91 Å². The van der Waals surface area contributed by atoms with Gasteiger partial charge >= 0.3 is 0 Å². The first-order valence-electron chi connectivity index (χ1n) is 13.0. The molecular formula is C33H26N2O3. The third-order valence-electron chi connectivity index (χ3n) is 8.58. The SMILES string of the molecule is Cc1ccc(NC(=O)c2cccc(N3C(=O)[C@@H]4C5c6ccccc6C(c6ccccc65)[C@H]4C3=O)c2)cc1C. The molecule has 1 fully saturated rings. The number of amides is 3. The van der Waals surface area contributed by atoms with Gasteiger partial charge in [-0.05, 0) is 77.6 Å². The predicted molar refractivity (Wildman–Crippen MR) is 146 cm³/mol. The number of nitrogens with one attached hydrogen (secondary N) is 1. The lowest BCUT2D eigenvalue weighted by atomic mass is 9.55. The summed E-state index contributed by atoms with van der Waals surface area (Å²) in [6, 6.07) is 29.0. The Morgan fingerprint density at radius 2 is 1.21 bits per heavy atom. The molecule has 1 N–H and O–H groups in total. The minimum atomic E-state index is -0.453. The fourth-order valence-corrected chi connectivity index (χ4v) is 6.74. The fourth-order valence-electron chi connectivity index (χ4n) is 6.74. The Bertz CT molecular complexity index is 1560. The maximum atomic E-state index is 14.0. The molecule has 2 bridgehead atoms. The first-order chi connectivity index (χ1) is 18.4. The molecule has 4 aromatic carbocycles. The molecule has 8 rings (SSSR count). The molecule has 1 aliphatic heterocycles. The number of imide groups is 1. The molecule has 0 spiro atoms. The van der Waals surface area contributed by atoms with Crippen LogP contribution >= 0.6 is 0 Å². The van der Waals surface area contributed by atoms with Crippen LogP contribution in [0.25, 0.3) is 0 Å². The summed E-state index contributed by atoms with van der Waals surface area (Å²) < 4.78 is 0. The van der Waals surface area contributed by atoms with Crippen molar-refractivity contribution in [2.24, 2.45) is 11.8 Å². The fraction of sp³-hybridized carbons (Fsp3) is 0.182. The van der Waals surface area contributed by atoms with Crippen molar-refractivity contribution >= 4 is 29.1 Å². The zero-order chi connectivity index (χ0) is 26.1. The van der Waals surface area contributed by atoms with Crippen LogP contribution in [-0.4, -0.2) is 17.7 Å². The molecule has 186 valence electrons. The van der Waals surface area contributed by atoms with E-state index in [1.807, 2.05) is 56.3 Å². The van der Waals surface area contributed by atoms with Crippen molar-refractivity contribution in [1.82, 2.24) is 0 Å². The van der Waals surface area contributed by atoms with Gasteiger partial charge in [0.15, 0.2) is 0 Å². The summed E-state index contributed by atoms with van der Waals surface area (Å²) in [4.78, 5) is 42.4. The molecule has 0 aromatic heterocycles. The van der Waals surface area contributed by atoms with Crippen LogP contribution in [0.4, 0.5) is 11.4 Å². The van der Waals surface area contributed by atoms with Crippen molar-refractivity contribution < 1.29 is 14.4 Å². The van der Waals surface area contributed by atoms with Gasteiger partial charge in [-0.1, -0.05) is 60.7 Å². The highest BCUT2D eigenvalue weighted by Gasteiger charge is 2.61. The van der Waals surface area contributed by atoms with Crippen molar-refractivity contribution in [2.45, 2.75) is 25.7 Å². The summed E-state index contributed by atoms with van der Waals surface area (Å²) in [6.45, 7) is 4.02. The summed E-state index contributed by atoms with van der Waals surface area (Å²) in [6.07, 6.45) is 0. The van der Waals surface area contributed by atoms with Gasteiger partial charge in [-0.3, -0.25) is 14.4 Å². The molecule has 0 saturated carbocycles. The van der Waals surface area contributed by atoms with Gasteiger partial charge in [-0.15, -0.1) is 0 Å². The van der Waals surface area contributed by atoms with E-state index >= 15 is 0 Å². The molecule has 1 saturated heterocycles. The van der Waals surface area contributed by atoms with Gasteiger partial charge in [-0.2, -0.15) is 0 Å². The minimum Gasteiger partial charge on any atom is -0.322 e. The summed E-state index contributed by atoms with van der Waals surface area (Å²) in [7, 11) is 0. The van der Waals surface area contributed by atoms with Gasteiger partial charge in [0.05, 0.1) is 17.5 Å². The monoisotopic (exact) mass is 498 g/mol. The molecule has 2 atom stereocenters. The lowest BCUT2D eigenvalue weighted by Crippen LogP contribution is -2.41. The molecular weight excluding hydrogens is 472 g/mol. The van der Waals surface area contributed by atoms with Gasteiger partial charge < -0.3 is 5.32 Å². The number of hydrogen-bond donors (Lipinski definition) is 1. The Morgan fingerprint density at radius 1 is 0.658 bits per heavy atom. The lowest BCUT2D eigenvalue weighted by molar-refractivity contribution is -0.122.